The lowest BCUT2D eigenvalue weighted by Gasteiger charge is -2.18. The topological polar surface area (TPSA) is 70.6 Å². The van der Waals surface area contributed by atoms with E-state index in [9.17, 15) is 4.79 Å². The average Bonchev–Trinajstić information content (AvgIpc) is 3.19. The van der Waals surface area contributed by atoms with Crippen LogP contribution in [0.3, 0.4) is 0 Å². The Hall–Kier alpha value is -2.61. The Bertz CT molecular complexity index is 999. The van der Waals surface area contributed by atoms with Crippen molar-refractivity contribution >= 4 is 27.5 Å². The number of hydrogen-bond donors (Lipinski definition) is 0. The third-order valence-corrected chi connectivity index (χ3v) is 4.95. The molecule has 24 heavy (non-hydrogen) atoms. The summed E-state index contributed by atoms with van der Waals surface area (Å²) in [6, 6.07) is 5.54. The van der Waals surface area contributed by atoms with Gasteiger partial charge in [-0.05, 0) is 13.0 Å². The molecule has 124 valence electrons. The highest BCUT2D eigenvalue weighted by Crippen LogP contribution is 2.35. The minimum absolute atomic E-state index is 0.346. The van der Waals surface area contributed by atoms with Crippen molar-refractivity contribution in [3.63, 3.8) is 0 Å². The van der Waals surface area contributed by atoms with Crippen LogP contribution in [-0.2, 0) is 13.6 Å². The number of carbonyl (C=O) groups is 1. The van der Waals surface area contributed by atoms with Crippen molar-refractivity contribution in [2.45, 2.75) is 13.5 Å². The maximum Gasteiger partial charge on any atom is 0.300 e. The van der Waals surface area contributed by atoms with E-state index in [2.05, 4.69) is 10.1 Å². The zero-order valence-electron chi connectivity index (χ0n) is 13.4. The molecule has 2 aromatic heterocycles. The first-order chi connectivity index (χ1) is 11.7. The van der Waals surface area contributed by atoms with Crippen LogP contribution < -0.4 is 14.3 Å². The van der Waals surface area contributed by atoms with Gasteiger partial charge in [0.1, 0.15) is 13.2 Å². The predicted molar refractivity (Wildman–Crippen MR) is 89.6 cm³/mol. The Morgan fingerprint density at radius 1 is 1.33 bits per heavy atom. The highest BCUT2D eigenvalue weighted by molar-refractivity contribution is 7.16. The Morgan fingerprint density at radius 3 is 2.79 bits per heavy atom. The summed E-state index contributed by atoms with van der Waals surface area (Å²) in [5, 5.41) is 4.20. The molecule has 0 unspecified atom stereocenters. The van der Waals surface area contributed by atoms with Gasteiger partial charge in [-0.3, -0.25) is 9.48 Å². The lowest BCUT2D eigenvalue weighted by Crippen LogP contribution is -2.16. The summed E-state index contributed by atoms with van der Waals surface area (Å²) in [4.78, 5) is 17.2. The number of benzene rings is 1. The molecule has 1 aliphatic heterocycles. The minimum atomic E-state index is -0.346. The van der Waals surface area contributed by atoms with E-state index in [1.54, 1.807) is 16.9 Å². The Morgan fingerprint density at radius 2 is 2.08 bits per heavy atom. The second-order valence-corrected chi connectivity index (χ2v) is 6.39. The Balaban J connectivity index is 1.78. The van der Waals surface area contributed by atoms with E-state index in [4.69, 9.17) is 9.47 Å². The zero-order chi connectivity index (χ0) is 16.7. The number of aromatic nitrogens is 3. The van der Waals surface area contributed by atoms with Crippen LogP contribution in [0.1, 0.15) is 17.4 Å². The molecule has 0 saturated carbocycles. The number of ether oxygens (including phenoxy) is 2. The van der Waals surface area contributed by atoms with Crippen molar-refractivity contribution in [3.05, 3.63) is 34.9 Å². The van der Waals surface area contributed by atoms with E-state index in [0.29, 0.717) is 23.7 Å². The molecule has 0 N–H and O–H groups in total. The maximum atomic E-state index is 12.3. The molecule has 0 bridgehead atoms. The summed E-state index contributed by atoms with van der Waals surface area (Å²) in [6.45, 7) is 3.78. The Kier molecular flexibility index (Phi) is 3.61. The van der Waals surface area contributed by atoms with Gasteiger partial charge in [0.05, 0.1) is 10.2 Å². The number of thiazole rings is 1. The van der Waals surface area contributed by atoms with E-state index in [1.165, 1.54) is 11.3 Å². The van der Waals surface area contributed by atoms with Gasteiger partial charge in [0, 0.05) is 31.9 Å². The third-order valence-electron chi connectivity index (χ3n) is 3.85. The lowest BCUT2D eigenvalue weighted by atomic mass is 10.3. The van der Waals surface area contributed by atoms with Gasteiger partial charge in [-0.25, -0.2) is 0 Å². The van der Waals surface area contributed by atoms with Crippen LogP contribution in [0.2, 0.25) is 0 Å². The molecule has 1 aromatic carbocycles. The van der Waals surface area contributed by atoms with Crippen molar-refractivity contribution in [3.8, 4) is 11.5 Å². The predicted octanol–water partition coefficient (Wildman–Crippen LogP) is 1.97. The summed E-state index contributed by atoms with van der Waals surface area (Å²) in [7, 11) is 1.88. The molecule has 0 radical (unpaired) electrons. The fourth-order valence-corrected chi connectivity index (χ4v) is 3.59. The maximum absolute atomic E-state index is 12.3. The van der Waals surface area contributed by atoms with Crippen LogP contribution in [0.15, 0.2) is 29.4 Å². The second kappa shape index (κ2) is 5.79. The second-order valence-electron chi connectivity index (χ2n) is 5.38. The Labute approximate surface area is 141 Å². The largest absolute Gasteiger partial charge is 0.486 e. The molecule has 1 aliphatic rings. The molecule has 3 aromatic rings. The van der Waals surface area contributed by atoms with Crippen LogP contribution in [-0.4, -0.2) is 33.5 Å². The van der Waals surface area contributed by atoms with Gasteiger partial charge in [-0.1, -0.05) is 11.3 Å². The molecule has 0 atom stereocenters. The van der Waals surface area contributed by atoms with E-state index >= 15 is 0 Å². The number of hydrogen-bond acceptors (Lipinski definition) is 5. The fourth-order valence-electron chi connectivity index (χ4n) is 2.57. The smallest absolute Gasteiger partial charge is 0.300 e. The van der Waals surface area contributed by atoms with Crippen LogP contribution >= 0.6 is 11.3 Å². The SMILES string of the molecule is CCn1ccc(C(=O)N=c2sc3cc4c(cc3n2C)OCCO4)n1. The van der Waals surface area contributed by atoms with Crippen molar-refractivity contribution in [2.75, 3.05) is 13.2 Å². The molecule has 0 spiro atoms. The normalized spacial score (nSPS) is 14.3. The molecule has 7 nitrogen and oxygen atoms in total. The number of rotatable bonds is 2. The summed E-state index contributed by atoms with van der Waals surface area (Å²) in [6.07, 6.45) is 1.77. The van der Waals surface area contributed by atoms with Crippen LogP contribution in [0.4, 0.5) is 0 Å². The molecule has 8 heteroatoms. The average molecular weight is 344 g/mol. The molecular formula is C16H16N4O3S. The zero-order valence-corrected chi connectivity index (χ0v) is 14.2. The lowest BCUT2D eigenvalue weighted by molar-refractivity contribution is 0.0992. The monoisotopic (exact) mass is 344 g/mol. The molecule has 4 rings (SSSR count). The highest BCUT2D eigenvalue weighted by atomic mass is 32.1. The van der Waals surface area contributed by atoms with Gasteiger partial charge in [0.25, 0.3) is 5.91 Å². The van der Waals surface area contributed by atoms with Crippen molar-refractivity contribution in [1.82, 2.24) is 14.3 Å². The van der Waals surface area contributed by atoms with E-state index < -0.39 is 0 Å². The number of nitrogens with zero attached hydrogens (tertiary/aromatic N) is 4. The number of fused-ring (bicyclic) bond motifs is 2. The van der Waals surface area contributed by atoms with Gasteiger partial charge in [-0.15, -0.1) is 0 Å². The van der Waals surface area contributed by atoms with Crippen molar-refractivity contribution < 1.29 is 14.3 Å². The van der Waals surface area contributed by atoms with Crippen molar-refractivity contribution in [1.29, 1.82) is 0 Å². The molecule has 3 heterocycles. The standard InChI is InChI=1S/C16H16N4O3S/c1-3-20-5-4-10(18-20)15(21)17-16-19(2)11-8-12-13(9-14(11)24-16)23-7-6-22-12/h4-5,8-9H,3,6-7H2,1-2H3. The van der Waals surface area contributed by atoms with Crippen LogP contribution in [0.5, 0.6) is 11.5 Å². The number of amides is 1. The number of carbonyl (C=O) groups excluding carboxylic acids is 1. The van der Waals surface area contributed by atoms with Crippen LogP contribution in [0.25, 0.3) is 10.2 Å². The van der Waals surface area contributed by atoms with Gasteiger partial charge < -0.3 is 14.0 Å². The third kappa shape index (κ3) is 2.48. The molecule has 0 fully saturated rings. The summed E-state index contributed by atoms with van der Waals surface area (Å²) in [5.74, 6) is 1.11. The summed E-state index contributed by atoms with van der Waals surface area (Å²) in [5.41, 5.74) is 1.30. The van der Waals surface area contributed by atoms with E-state index in [-0.39, 0.29) is 5.91 Å². The minimum Gasteiger partial charge on any atom is -0.486 e. The van der Waals surface area contributed by atoms with Gasteiger partial charge in [0.2, 0.25) is 0 Å². The highest BCUT2D eigenvalue weighted by Gasteiger charge is 2.16. The van der Waals surface area contributed by atoms with E-state index in [0.717, 1.165) is 28.3 Å². The quantitative estimate of drug-likeness (QED) is 0.713. The molecule has 0 aliphatic carbocycles. The van der Waals surface area contributed by atoms with Crippen molar-refractivity contribution in [2.24, 2.45) is 12.0 Å². The first-order valence-corrected chi connectivity index (χ1v) is 8.49. The van der Waals surface area contributed by atoms with Crippen LogP contribution in [0, 0.1) is 0 Å². The number of aryl methyl sites for hydroxylation is 2. The summed E-state index contributed by atoms with van der Waals surface area (Å²) >= 11 is 1.44. The van der Waals surface area contributed by atoms with Gasteiger partial charge in [0.15, 0.2) is 22.0 Å². The molecule has 1 amide bonds. The molecular weight excluding hydrogens is 328 g/mol. The van der Waals surface area contributed by atoms with Gasteiger partial charge >= 0.3 is 0 Å². The molecule has 0 saturated heterocycles. The first-order valence-electron chi connectivity index (χ1n) is 7.67. The fraction of sp³-hybridized carbons (Fsp3) is 0.312. The van der Waals surface area contributed by atoms with Gasteiger partial charge in [-0.2, -0.15) is 10.1 Å². The van der Waals surface area contributed by atoms with E-state index in [1.807, 2.05) is 30.7 Å². The first kappa shape index (κ1) is 14.9. The summed E-state index contributed by atoms with van der Waals surface area (Å²) < 4.78 is 15.8.